The molecule has 0 bridgehead atoms. The molecule has 0 aliphatic rings. The largest absolute Gasteiger partial charge is 0.337 e. The van der Waals surface area contributed by atoms with Gasteiger partial charge in [0.25, 0.3) is 0 Å². The minimum atomic E-state index is -0.847. The van der Waals surface area contributed by atoms with Crippen LogP contribution in [0.25, 0.3) is 0 Å². The molecule has 1 unspecified atom stereocenters. The molecule has 0 fully saturated rings. The molecule has 0 aliphatic carbocycles. The van der Waals surface area contributed by atoms with E-state index in [1.54, 1.807) is 19.2 Å². The van der Waals surface area contributed by atoms with Crippen LogP contribution in [-0.4, -0.2) is 34.9 Å². The number of nitrogens with one attached hydrogen (secondary N) is 1. The van der Waals surface area contributed by atoms with E-state index in [4.69, 9.17) is 11.6 Å². The Bertz CT molecular complexity index is 523. The topological polar surface area (TPSA) is 69.0 Å². The maximum Gasteiger partial charge on any atom is 0.235 e. The average Bonchev–Trinajstić information content (AvgIpc) is 2.40. The molecule has 1 aromatic heterocycles. The number of carbonyl (C=O) groups is 1. The molecule has 0 aromatic carbocycles. The van der Waals surface area contributed by atoms with Crippen LogP contribution in [0.5, 0.6) is 0 Å². The molecule has 0 saturated heterocycles. The lowest BCUT2D eigenvalue weighted by atomic mass is 9.90. The summed E-state index contributed by atoms with van der Waals surface area (Å²) in [5.74, 6) is -0.130. The van der Waals surface area contributed by atoms with E-state index < -0.39 is 5.54 Å². The van der Waals surface area contributed by atoms with Crippen molar-refractivity contribution in [2.45, 2.75) is 32.9 Å². The standard InChI is InChI=1S/C15H21ClN4O/c1-11(2)15(3,10-17)19-14(21)9-20(4)8-12-5-6-13(16)18-7-12/h5-7,11H,8-9H2,1-4H3,(H,19,21). The molecule has 0 radical (unpaired) electrons. The number of carbonyl (C=O) groups excluding carboxylic acids is 1. The number of halogens is 1. The first-order chi connectivity index (χ1) is 9.76. The number of hydrogen-bond acceptors (Lipinski definition) is 4. The van der Waals surface area contributed by atoms with Crippen LogP contribution in [0.1, 0.15) is 26.3 Å². The van der Waals surface area contributed by atoms with E-state index in [0.29, 0.717) is 11.7 Å². The highest BCUT2D eigenvalue weighted by molar-refractivity contribution is 6.29. The van der Waals surface area contributed by atoms with Crippen LogP contribution < -0.4 is 5.32 Å². The zero-order chi connectivity index (χ0) is 16.0. The molecular formula is C15H21ClN4O. The van der Waals surface area contributed by atoms with Crippen molar-refractivity contribution in [1.82, 2.24) is 15.2 Å². The summed E-state index contributed by atoms with van der Waals surface area (Å²) in [6.45, 7) is 6.35. The number of nitriles is 1. The molecule has 1 rings (SSSR count). The van der Waals surface area contributed by atoms with Crippen molar-refractivity contribution < 1.29 is 4.79 Å². The summed E-state index contributed by atoms with van der Waals surface area (Å²) in [5.41, 5.74) is 0.126. The maximum atomic E-state index is 12.0. The quantitative estimate of drug-likeness (QED) is 0.818. The third-order valence-corrected chi connectivity index (χ3v) is 3.66. The third kappa shape index (κ3) is 5.33. The molecule has 6 heteroatoms. The van der Waals surface area contributed by atoms with Gasteiger partial charge in [-0.25, -0.2) is 4.98 Å². The Labute approximate surface area is 130 Å². The molecule has 0 saturated carbocycles. The van der Waals surface area contributed by atoms with Gasteiger partial charge in [0.1, 0.15) is 10.7 Å². The highest BCUT2D eigenvalue weighted by atomic mass is 35.5. The van der Waals surface area contributed by atoms with Crippen LogP contribution in [0, 0.1) is 17.2 Å². The lowest BCUT2D eigenvalue weighted by Crippen LogP contribution is -2.51. The van der Waals surface area contributed by atoms with Crippen LogP contribution in [0.3, 0.4) is 0 Å². The van der Waals surface area contributed by atoms with E-state index in [1.807, 2.05) is 31.9 Å². The highest BCUT2D eigenvalue weighted by Gasteiger charge is 2.30. The molecule has 5 nitrogen and oxygen atoms in total. The molecule has 114 valence electrons. The van der Waals surface area contributed by atoms with Crippen LogP contribution in [-0.2, 0) is 11.3 Å². The van der Waals surface area contributed by atoms with E-state index in [2.05, 4.69) is 16.4 Å². The molecule has 21 heavy (non-hydrogen) atoms. The second-order valence-electron chi connectivity index (χ2n) is 5.68. The maximum absolute atomic E-state index is 12.0. The second kappa shape index (κ2) is 7.39. The number of likely N-dealkylation sites (N-methyl/N-ethyl adjacent to an activating group) is 1. The van der Waals surface area contributed by atoms with Gasteiger partial charge in [0.15, 0.2) is 0 Å². The predicted molar refractivity (Wildman–Crippen MR) is 82.6 cm³/mol. The van der Waals surface area contributed by atoms with Gasteiger partial charge in [-0.1, -0.05) is 31.5 Å². The van der Waals surface area contributed by atoms with Gasteiger partial charge < -0.3 is 5.32 Å². The second-order valence-corrected chi connectivity index (χ2v) is 6.07. The van der Waals surface area contributed by atoms with Crippen molar-refractivity contribution in [2.24, 2.45) is 5.92 Å². The fraction of sp³-hybridized carbons (Fsp3) is 0.533. The lowest BCUT2D eigenvalue weighted by Gasteiger charge is -2.28. The van der Waals surface area contributed by atoms with Crippen molar-refractivity contribution in [3.05, 3.63) is 29.0 Å². The smallest absolute Gasteiger partial charge is 0.235 e. The monoisotopic (exact) mass is 308 g/mol. The molecule has 1 aromatic rings. The Hall–Kier alpha value is -1.64. The van der Waals surface area contributed by atoms with Gasteiger partial charge in [-0.05, 0) is 31.5 Å². The summed E-state index contributed by atoms with van der Waals surface area (Å²) in [7, 11) is 1.84. The zero-order valence-electron chi connectivity index (χ0n) is 12.9. The third-order valence-electron chi connectivity index (χ3n) is 3.44. The fourth-order valence-electron chi connectivity index (χ4n) is 1.74. The molecule has 1 atom stereocenters. The van der Waals surface area contributed by atoms with Gasteiger partial charge in [-0.3, -0.25) is 9.69 Å². The van der Waals surface area contributed by atoms with Crippen molar-refractivity contribution >= 4 is 17.5 Å². The Balaban J connectivity index is 2.55. The summed E-state index contributed by atoms with van der Waals surface area (Å²) in [5, 5.41) is 12.4. The Morgan fingerprint density at radius 3 is 2.71 bits per heavy atom. The summed E-state index contributed by atoms with van der Waals surface area (Å²) in [6.07, 6.45) is 1.68. The summed E-state index contributed by atoms with van der Waals surface area (Å²) < 4.78 is 0. The van der Waals surface area contributed by atoms with Crippen LogP contribution in [0.4, 0.5) is 0 Å². The first-order valence-corrected chi connectivity index (χ1v) is 7.16. The van der Waals surface area contributed by atoms with E-state index in [1.165, 1.54) is 0 Å². The minimum Gasteiger partial charge on any atom is -0.337 e. The number of rotatable bonds is 6. The first kappa shape index (κ1) is 17.4. The molecule has 1 amide bonds. The molecule has 0 aliphatic heterocycles. The van der Waals surface area contributed by atoms with Gasteiger partial charge in [0.2, 0.25) is 5.91 Å². The first-order valence-electron chi connectivity index (χ1n) is 6.78. The van der Waals surface area contributed by atoms with Gasteiger partial charge >= 0.3 is 0 Å². The summed E-state index contributed by atoms with van der Waals surface area (Å²) in [6, 6.07) is 5.75. The minimum absolute atomic E-state index is 0.0391. The fourth-order valence-corrected chi connectivity index (χ4v) is 1.86. The highest BCUT2D eigenvalue weighted by Crippen LogP contribution is 2.15. The Morgan fingerprint density at radius 2 is 2.24 bits per heavy atom. The SMILES string of the molecule is CC(C)C(C)(C#N)NC(=O)CN(C)Cc1ccc(Cl)nc1. The Kier molecular flexibility index (Phi) is 6.13. The van der Waals surface area contributed by atoms with Gasteiger partial charge in [-0.15, -0.1) is 0 Å². The van der Waals surface area contributed by atoms with Crippen LogP contribution in [0.2, 0.25) is 5.15 Å². The van der Waals surface area contributed by atoms with Crippen molar-refractivity contribution in [3.63, 3.8) is 0 Å². The van der Waals surface area contributed by atoms with E-state index in [-0.39, 0.29) is 18.4 Å². The molecule has 1 heterocycles. The van der Waals surface area contributed by atoms with Crippen molar-refractivity contribution in [1.29, 1.82) is 5.26 Å². The lowest BCUT2D eigenvalue weighted by molar-refractivity contribution is -0.123. The van der Waals surface area contributed by atoms with Gasteiger partial charge in [-0.2, -0.15) is 5.26 Å². The number of nitrogens with zero attached hydrogens (tertiary/aromatic N) is 3. The van der Waals surface area contributed by atoms with E-state index in [0.717, 1.165) is 5.56 Å². The number of amides is 1. The van der Waals surface area contributed by atoms with Gasteiger partial charge in [0, 0.05) is 12.7 Å². The van der Waals surface area contributed by atoms with Crippen LogP contribution >= 0.6 is 11.6 Å². The normalized spacial score (nSPS) is 13.8. The zero-order valence-corrected chi connectivity index (χ0v) is 13.6. The number of aromatic nitrogens is 1. The molecular weight excluding hydrogens is 288 g/mol. The van der Waals surface area contributed by atoms with E-state index >= 15 is 0 Å². The number of hydrogen-bond donors (Lipinski definition) is 1. The van der Waals surface area contributed by atoms with Crippen LogP contribution in [0.15, 0.2) is 18.3 Å². The molecule has 1 N–H and O–H groups in total. The average molecular weight is 309 g/mol. The predicted octanol–water partition coefficient (Wildman–Crippen LogP) is 2.22. The van der Waals surface area contributed by atoms with Crippen molar-refractivity contribution in [2.75, 3.05) is 13.6 Å². The van der Waals surface area contributed by atoms with Crippen molar-refractivity contribution in [3.8, 4) is 6.07 Å². The number of pyridine rings is 1. The van der Waals surface area contributed by atoms with E-state index in [9.17, 15) is 10.1 Å². The van der Waals surface area contributed by atoms with Gasteiger partial charge in [0.05, 0.1) is 12.6 Å². The summed E-state index contributed by atoms with van der Waals surface area (Å²) in [4.78, 5) is 17.9. The molecule has 0 spiro atoms. The Morgan fingerprint density at radius 1 is 1.57 bits per heavy atom. The summed E-state index contributed by atoms with van der Waals surface area (Å²) >= 11 is 5.73.